The standard InChI is InChI=1S/C16H22N2O3/c1-18(2)13-7-5-6-12(10-13)15(21)17-16(11-14(19)20)8-3-4-9-16/h5-7,10H,3-4,8-9,11H2,1-2H3,(H,17,21)(H,19,20). The van der Waals surface area contributed by atoms with Gasteiger partial charge in [0.1, 0.15) is 0 Å². The summed E-state index contributed by atoms with van der Waals surface area (Å²) in [4.78, 5) is 25.4. The van der Waals surface area contributed by atoms with Gasteiger partial charge in [-0.3, -0.25) is 9.59 Å². The zero-order chi connectivity index (χ0) is 15.5. The van der Waals surface area contributed by atoms with Crippen LogP contribution in [-0.2, 0) is 4.79 Å². The third-order valence-electron chi connectivity index (χ3n) is 4.05. The van der Waals surface area contributed by atoms with E-state index in [-0.39, 0.29) is 12.3 Å². The molecule has 2 N–H and O–H groups in total. The maximum absolute atomic E-state index is 12.4. The largest absolute Gasteiger partial charge is 0.481 e. The first kappa shape index (κ1) is 15.4. The fraction of sp³-hybridized carbons (Fsp3) is 0.500. The van der Waals surface area contributed by atoms with E-state index in [1.165, 1.54) is 0 Å². The van der Waals surface area contributed by atoms with Gasteiger partial charge in [0.15, 0.2) is 0 Å². The summed E-state index contributed by atoms with van der Waals surface area (Å²) in [5.74, 6) is -1.05. The number of rotatable bonds is 5. The summed E-state index contributed by atoms with van der Waals surface area (Å²) in [6, 6.07) is 7.34. The summed E-state index contributed by atoms with van der Waals surface area (Å²) < 4.78 is 0. The van der Waals surface area contributed by atoms with Gasteiger partial charge >= 0.3 is 5.97 Å². The van der Waals surface area contributed by atoms with Gasteiger partial charge in [-0.1, -0.05) is 18.9 Å². The second kappa shape index (κ2) is 6.16. The maximum Gasteiger partial charge on any atom is 0.305 e. The number of nitrogens with zero attached hydrogens (tertiary/aromatic N) is 1. The molecule has 0 atom stereocenters. The summed E-state index contributed by atoms with van der Waals surface area (Å²) in [6.45, 7) is 0. The van der Waals surface area contributed by atoms with Crippen LogP contribution in [0.25, 0.3) is 0 Å². The number of carboxylic acid groups (broad SMARTS) is 1. The van der Waals surface area contributed by atoms with Crippen LogP contribution in [0.2, 0.25) is 0 Å². The molecule has 21 heavy (non-hydrogen) atoms. The van der Waals surface area contributed by atoms with Crippen molar-refractivity contribution in [2.24, 2.45) is 0 Å². The van der Waals surface area contributed by atoms with Crippen molar-refractivity contribution in [2.75, 3.05) is 19.0 Å². The highest BCUT2D eigenvalue weighted by Gasteiger charge is 2.37. The quantitative estimate of drug-likeness (QED) is 0.873. The molecular weight excluding hydrogens is 268 g/mol. The number of benzene rings is 1. The fourth-order valence-corrected chi connectivity index (χ4v) is 2.93. The predicted octanol–water partition coefficient (Wildman–Crippen LogP) is 2.27. The molecule has 0 aliphatic heterocycles. The van der Waals surface area contributed by atoms with Gasteiger partial charge < -0.3 is 15.3 Å². The zero-order valence-corrected chi connectivity index (χ0v) is 12.6. The Kier molecular flexibility index (Phi) is 4.50. The summed E-state index contributed by atoms with van der Waals surface area (Å²) in [5, 5.41) is 12.0. The van der Waals surface area contributed by atoms with Gasteiger partial charge in [0, 0.05) is 25.3 Å². The zero-order valence-electron chi connectivity index (χ0n) is 12.6. The van der Waals surface area contributed by atoms with E-state index in [0.717, 1.165) is 31.4 Å². The first-order chi connectivity index (χ1) is 9.92. The van der Waals surface area contributed by atoms with E-state index in [9.17, 15) is 9.59 Å². The second-order valence-electron chi connectivity index (χ2n) is 5.96. The minimum atomic E-state index is -0.862. The number of amides is 1. The molecule has 0 bridgehead atoms. The van der Waals surface area contributed by atoms with Gasteiger partial charge in [-0.25, -0.2) is 0 Å². The van der Waals surface area contributed by atoms with Crippen LogP contribution in [0.3, 0.4) is 0 Å². The number of carbonyl (C=O) groups is 2. The van der Waals surface area contributed by atoms with Crippen molar-refractivity contribution in [1.82, 2.24) is 5.32 Å². The van der Waals surface area contributed by atoms with Gasteiger partial charge in [-0.15, -0.1) is 0 Å². The third-order valence-corrected chi connectivity index (χ3v) is 4.05. The van der Waals surface area contributed by atoms with E-state index in [1.54, 1.807) is 6.07 Å². The van der Waals surface area contributed by atoms with Crippen molar-refractivity contribution < 1.29 is 14.7 Å². The lowest BCUT2D eigenvalue weighted by molar-refractivity contribution is -0.138. The van der Waals surface area contributed by atoms with Gasteiger partial charge in [-0.2, -0.15) is 0 Å². The molecule has 0 spiro atoms. The summed E-state index contributed by atoms with van der Waals surface area (Å²) in [7, 11) is 3.83. The molecule has 2 rings (SSSR count). The van der Waals surface area contributed by atoms with Crippen molar-refractivity contribution >= 4 is 17.6 Å². The highest BCUT2D eigenvalue weighted by atomic mass is 16.4. The molecule has 1 aromatic rings. The number of nitrogens with one attached hydrogen (secondary N) is 1. The van der Waals surface area contributed by atoms with E-state index in [4.69, 9.17) is 5.11 Å². The lowest BCUT2D eigenvalue weighted by Crippen LogP contribution is -2.47. The third kappa shape index (κ3) is 3.74. The predicted molar refractivity (Wildman–Crippen MR) is 81.7 cm³/mol. The first-order valence-electron chi connectivity index (χ1n) is 7.24. The monoisotopic (exact) mass is 290 g/mol. The molecule has 0 saturated heterocycles. The Morgan fingerprint density at radius 1 is 1.29 bits per heavy atom. The van der Waals surface area contributed by atoms with Crippen LogP contribution in [0.1, 0.15) is 42.5 Å². The van der Waals surface area contributed by atoms with Crippen molar-refractivity contribution in [3.63, 3.8) is 0 Å². The Bertz CT molecular complexity index is 534. The van der Waals surface area contributed by atoms with E-state index in [0.29, 0.717) is 5.56 Å². The number of aliphatic carboxylic acids is 1. The molecule has 1 aliphatic carbocycles. The molecule has 5 heteroatoms. The van der Waals surface area contributed by atoms with Crippen LogP contribution in [-0.4, -0.2) is 36.6 Å². The maximum atomic E-state index is 12.4. The van der Waals surface area contributed by atoms with Crippen LogP contribution in [0.5, 0.6) is 0 Å². The molecule has 0 unspecified atom stereocenters. The highest BCUT2D eigenvalue weighted by molar-refractivity contribution is 5.96. The molecule has 1 fully saturated rings. The fourth-order valence-electron chi connectivity index (χ4n) is 2.93. The van der Waals surface area contributed by atoms with Crippen LogP contribution in [0.4, 0.5) is 5.69 Å². The van der Waals surface area contributed by atoms with Crippen LogP contribution in [0.15, 0.2) is 24.3 Å². The second-order valence-corrected chi connectivity index (χ2v) is 5.96. The smallest absolute Gasteiger partial charge is 0.305 e. The Hall–Kier alpha value is -2.04. The molecule has 1 aliphatic rings. The van der Waals surface area contributed by atoms with Gasteiger partial charge in [0.25, 0.3) is 5.91 Å². The van der Waals surface area contributed by atoms with Crippen LogP contribution in [0, 0.1) is 0 Å². The molecule has 114 valence electrons. The summed E-state index contributed by atoms with van der Waals surface area (Å²) in [6.07, 6.45) is 3.39. The van der Waals surface area contributed by atoms with E-state index in [1.807, 2.05) is 37.2 Å². The van der Waals surface area contributed by atoms with E-state index >= 15 is 0 Å². The normalized spacial score (nSPS) is 16.5. The SMILES string of the molecule is CN(C)c1cccc(C(=O)NC2(CC(=O)O)CCCC2)c1. The number of carbonyl (C=O) groups excluding carboxylic acids is 1. The van der Waals surface area contributed by atoms with E-state index < -0.39 is 11.5 Å². The summed E-state index contributed by atoms with van der Waals surface area (Å²) in [5.41, 5.74) is 0.927. The molecule has 0 aromatic heterocycles. The van der Waals surface area contributed by atoms with Crippen LogP contribution >= 0.6 is 0 Å². The van der Waals surface area contributed by atoms with Crippen molar-refractivity contribution in [2.45, 2.75) is 37.6 Å². The lowest BCUT2D eigenvalue weighted by Gasteiger charge is -2.28. The molecule has 0 heterocycles. The van der Waals surface area contributed by atoms with Gasteiger partial charge in [0.2, 0.25) is 0 Å². The Morgan fingerprint density at radius 3 is 2.52 bits per heavy atom. The van der Waals surface area contributed by atoms with Crippen molar-refractivity contribution in [3.05, 3.63) is 29.8 Å². The average molecular weight is 290 g/mol. The van der Waals surface area contributed by atoms with Gasteiger partial charge in [0.05, 0.1) is 12.0 Å². The number of anilines is 1. The lowest BCUT2D eigenvalue weighted by atomic mass is 9.92. The average Bonchev–Trinajstić information content (AvgIpc) is 2.86. The summed E-state index contributed by atoms with van der Waals surface area (Å²) >= 11 is 0. The molecule has 0 radical (unpaired) electrons. The van der Waals surface area contributed by atoms with Crippen molar-refractivity contribution in [1.29, 1.82) is 0 Å². The molecule has 5 nitrogen and oxygen atoms in total. The molecule has 1 saturated carbocycles. The van der Waals surface area contributed by atoms with Crippen molar-refractivity contribution in [3.8, 4) is 0 Å². The number of carboxylic acids is 1. The van der Waals surface area contributed by atoms with E-state index in [2.05, 4.69) is 5.32 Å². The Morgan fingerprint density at radius 2 is 1.95 bits per heavy atom. The minimum absolute atomic E-state index is 0.00783. The first-order valence-corrected chi connectivity index (χ1v) is 7.24. The Labute approximate surface area is 125 Å². The molecule has 1 amide bonds. The number of hydrogen-bond donors (Lipinski definition) is 2. The highest BCUT2D eigenvalue weighted by Crippen LogP contribution is 2.33. The minimum Gasteiger partial charge on any atom is -0.481 e. The molecule has 1 aromatic carbocycles. The topological polar surface area (TPSA) is 69.6 Å². The van der Waals surface area contributed by atoms with Gasteiger partial charge in [-0.05, 0) is 31.0 Å². The van der Waals surface area contributed by atoms with Crippen LogP contribution < -0.4 is 10.2 Å². The Balaban J connectivity index is 2.15. The number of hydrogen-bond acceptors (Lipinski definition) is 3. The molecular formula is C16H22N2O3.